The molecule has 1 rings (SSSR count). The summed E-state index contributed by atoms with van der Waals surface area (Å²) in [4.78, 5) is 11.2. The van der Waals surface area contributed by atoms with Crippen LogP contribution in [0, 0.1) is 0 Å². The maximum Gasteiger partial charge on any atom is 0.120 e. The number of rotatable bonds is 4. The number of aldehydes is 1. The Balaban J connectivity index is 2.54. The van der Waals surface area contributed by atoms with Crippen LogP contribution in [-0.2, 0) is 4.79 Å². The van der Waals surface area contributed by atoms with Gasteiger partial charge in [-0.1, -0.05) is 18.2 Å². The lowest BCUT2D eigenvalue weighted by atomic mass is 10.0. The molecule has 76 valence electrons. The Morgan fingerprint density at radius 3 is 3.07 bits per heavy atom. The van der Waals surface area contributed by atoms with E-state index < -0.39 is 0 Å². The van der Waals surface area contributed by atoms with E-state index in [4.69, 9.17) is 0 Å². The Hall–Kier alpha value is -0.760. The number of carbonyl (C=O) groups is 1. The summed E-state index contributed by atoms with van der Waals surface area (Å²) in [5, 5.41) is 0. The Morgan fingerprint density at radius 2 is 2.29 bits per heavy atom. The van der Waals surface area contributed by atoms with Gasteiger partial charge in [0.25, 0.3) is 0 Å². The monoisotopic (exact) mass is 208 g/mol. The first-order valence-corrected chi connectivity index (χ1v) is 5.48. The van der Waals surface area contributed by atoms with E-state index in [0.29, 0.717) is 6.42 Å². The number of hydrogen-bond donors (Lipinski definition) is 1. The minimum Gasteiger partial charge on any atom is -0.303 e. The molecule has 14 heavy (non-hydrogen) atoms. The minimum atomic E-state index is 0.647. The average Bonchev–Trinajstić information content (AvgIpc) is 2.17. The van der Waals surface area contributed by atoms with Crippen molar-refractivity contribution in [3.05, 3.63) is 34.8 Å². The summed E-state index contributed by atoms with van der Waals surface area (Å²) >= 11 is 4.43. The molecule has 0 aliphatic heterocycles. The number of thiol groups is 1. The molecule has 0 aromatic rings. The zero-order valence-corrected chi connectivity index (χ0v) is 9.17. The van der Waals surface area contributed by atoms with Crippen molar-refractivity contribution in [2.45, 2.75) is 32.1 Å². The molecule has 0 bridgehead atoms. The van der Waals surface area contributed by atoms with Crippen LogP contribution in [0.3, 0.4) is 0 Å². The van der Waals surface area contributed by atoms with Gasteiger partial charge in [0.2, 0.25) is 0 Å². The van der Waals surface area contributed by atoms with Gasteiger partial charge in [-0.25, -0.2) is 0 Å². The molecule has 0 unspecified atom stereocenters. The predicted octanol–water partition coefficient (Wildman–Crippen LogP) is 3.45. The van der Waals surface area contributed by atoms with Crippen molar-refractivity contribution in [3.63, 3.8) is 0 Å². The first-order valence-electron chi connectivity index (χ1n) is 5.03. The van der Waals surface area contributed by atoms with Crippen LogP contribution in [0.1, 0.15) is 32.1 Å². The highest BCUT2D eigenvalue weighted by Gasteiger charge is 2.01. The first-order chi connectivity index (χ1) is 6.84. The van der Waals surface area contributed by atoms with Gasteiger partial charge in [-0.15, -0.1) is 12.6 Å². The Morgan fingerprint density at radius 1 is 1.43 bits per heavy atom. The van der Waals surface area contributed by atoms with Gasteiger partial charge in [-0.2, -0.15) is 0 Å². The fraction of sp³-hybridized carbons (Fsp3) is 0.417. The molecule has 2 heteroatoms. The van der Waals surface area contributed by atoms with Crippen LogP contribution in [0.15, 0.2) is 34.8 Å². The van der Waals surface area contributed by atoms with Crippen molar-refractivity contribution >= 4 is 18.9 Å². The van der Waals surface area contributed by atoms with Crippen molar-refractivity contribution in [1.82, 2.24) is 0 Å². The highest BCUT2D eigenvalue weighted by atomic mass is 32.1. The summed E-state index contributed by atoms with van der Waals surface area (Å²) in [6, 6.07) is 0. The van der Waals surface area contributed by atoms with E-state index in [1.807, 2.05) is 6.08 Å². The van der Waals surface area contributed by atoms with E-state index >= 15 is 0 Å². The van der Waals surface area contributed by atoms with E-state index in [9.17, 15) is 4.79 Å². The van der Waals surface area contributed by atoms with Crippen LogP contribution in [0.5, 0.6) is 0 Å². The molecule has 0 radical (unpaired) electrons. The van der Waals surface area contributed by atoms with Crippen molar-refractivity contribution < 1.29 is 4.79 Å². The normalized spacial score (nSPS) is 18.9. The molecule has 0 heterocycles. The molecule has 0 saturated heterocycles. The topological polar surface area (TPSA) is 17.1 Å². The third kappa shape index (κ3) is 3.97. The molecule has 0 fully saturated rings. The molecule has 0 amide bonds. The third-order valence-electron chi connectivity index (χ3n) is 2.21. The molecule has 0 aromatic carbocycles. The predicted molar refractivity (Wildman–Crippen MR) is 63.4 cm³/mol. The van der Waals surface area contributed by atoms with Crippen LogP contribution in [0.2, 0.25) is 0 Å². The second kappa shape index (κ2) is 6.66. The zero-order chi connectivity index (χ0) is 10.2. The number of carbonyl (C=O) groups excluding carboxylic acids is 1. The van der Waals surface area contributed by atoms with Crippen molar-refractivity contribution in [1.29, 1.82) is 0 Å². The highest BCUT2D eigenvalue weighted by molar-refractivity contribution is 7.84. The smallest absolute Gasteiger partial charge is 0.120 e. The second-order valence-electron chi connectivity index (χ2n) is 3.35. The molecule has 0 saturated carbocycles. The summed E-state index contributed by atoms with van der Waals surface area (Å²) in [5.74, 6) is 0. The molecule has 0 N–H and O–H groups in total. The summed E-state index contributed by atoms with van der Waals surface area (Å²) in [7, 11) is 0. The maximum absolute atomic E-state index is 10.2. The molecule has 0 spiro atoms. The number of hydrogen-bond acceptors (Lipinski definition) is 2. The summed E-state index contributed by atoms with van der Waals surface area (Å²) in [5.41, 5.74) is 1.28. The van der Waals surface area contributed by atoms with E-state index in [0.717, 1.165) is 36.9 Å². The van der Waals surface area contributed by atoms with Gasteiger partial charge in [0, 0.05) is 11.3 Å². The average molecular weight is 208 g/mol. The van der Waals surface area contributed by atoms with Crippen molar-refractivity contribution in [2.75, 3.05) is 0 Å². The minimum absolute atomic E-state index is 0.647. The van der Waals surface area contributed by atoms with Gasteiger partial charge in [0.15, 0.2) is 0 Å². The maximum atomic E-state index is 10.2. The number of allylic oxidation sites excluding steroid dienone is 5. The summed E-state index contributed by atoms with van der Waals surface area (Å²) in [6.07, 6.45) is 14.1. The van der Waals surface area contributed by atoms with Crippen molar-refractivity contribution in [2.24, 2.45) is 0 Å². The summed E-state index contributed by atoms with van der Waals surface area (Å²) < 4.78 is 0. The number of unbranched alkanes of at least 4 members (excludes halogenated alkanes) is 1. The van der Waals surface area contributed by atoms with Gasteiger partial charge >= 0.3 is 0 Å². The fourth-order valence-electron chi connectivity index (χ4n) is 1.43. The van der Waals surface area contributed by atoms with Crippen LogP contribution >= 0.6 is 12.6 Å². The molecule has 0 aromatic heterocycles. The van der Waals surface area contributed by atoms with E-state index in [1.54, 1.807) is 0 Å². The van der Waals surface area contributed by atoms with Gasteiger partial charge in [-0.05, 0) is 37.3 Å². The largest absolute Gasteiger partial charge is 0.303 e. The lowest BCUT2D eigenvalue weighted by molar-refractivity contribution is -0.107. The lowest BCUT2D eigenvalue weighted by Gasteiger charge is -2.07. The Labute approximate surface area is 91.0 Å². The molecule has 0 atom stereocenters. The Bertz CT molecular complexity index is 274. The van der Waals surface area contributed by atoms with Crippen LogP contribution in [-0.4, -0.2) is 6.29 Å². The Kier molecular flexibility index (Phi) is 5.38. The van der Waals surface area contributed by atoms with E-state index in [-0.39, 0.29) is 0 Å². The lowest BCUT2D eigenvalue weighted by Crippen LogP contribution is -1.88. The molecule has 1 nitrogen and oxygen atoms in total. The molecule has 1 aliphatic carbocycles. The molecular weight excluding hydrogens is 192 g/mol. The van der Waals surface area contributed by atoms with Crippen molar-refractivity contribution in [3.8, 4) is 0 Å². The second-order valence-corrected chi connectivity index (χ2v) is 3.83. The van der Waals surface area contributed by atoms with Crippen LogP contribution in [0.4, 0.5) is 0 Å². The standard InChI is InChI=1S/C12H16OS/c13-10-6-5-8-11-7-3-1-2-4-9-12(11)14/h2,4,7,9-10,14H,1,3,5-6,8H2/b4-2-,11-7?,12-9?. The van der Waals surface area contributed by atoms with Crippen LogP contribution in [0.25, 0.3) is 0 Å². The van der Waals surface area contributed by atoms with E-state index in [2.05, 4.69) is 30.9 Å². The quantitative estimate of drug-likeness (QED) is 0.425. The van der Waals surface area contributed by atoms with Gasteiger partial charge < -0.3 is 4.79 Å². The van der Waals surface area contributed by atoms with Crippen LogP contribution < -0.4 is 0 Å². The van der Waals surface area contributed by atoms with Gasteiger partial charge in [0.05, 0.1) is 0 Å². The summed E-state index contributed by atoms with van der Waals surface area (Å²) in [6.45, 7) is 0. The zero-order valence-electron chi connectivity index (χ0n) is 8.28. The molecule has 1 aliphatic rings. The SMILES string of the molecule is O=CCCCC1=CCC/C=C\C=C1S. The highest BCUT2D eigenvalue weighted by Crippen LogP contribution is 2.22. The molecular formula is C12H16OS. The van der Waals surface area contributed by atoms with Gasteiger partial charge in [-0.3, -0.25) is 0 Å². The van der Waals surface area contributed by atoms with E-state index in [1.165, 1.54) is 5.57 Å². The first kappa shape index (κ1) is 11.3. The third-order valence-corrected chi connectivity index (χ3v) is 2.65. The van der Waals surface area contributed by atoms with Gasteiger partial charge in [0.1, 0.15) is 6.29 Å². The fourth-order valence-corrected chi connectivity index (χ4v) is 1.72.